The largest absolute Gasteiger partial charge is 0.490 e. The second-order valence-electron chi connectivity index (χ2n) is 4.79. The number of nitrogens with two attached hydrogens (primary N) is 1. The minimum absolute atomic E-state index is 0.340. The molecular formula is C14H16N2O2. The molecule has 1 fully saturated rings. The van der Waals surface area contributed by atoms with Crippen LogP contribution in [0, 0.1) is 6.92 Å². The minimum Gasteiger partial charge on any atom is -0.490 e. The summed E-state index contributed by atoms with van der Waals surface area (Å²) in [4.78, 5) is 0. The van der Waals surface area contributed by atoms with Crippen molar-refractivity contribution in [3.05, 3.63) is 29.8 Å². The zero-order chi connectivity index (χ0) is 12.5. The van der Waals surface area contributed by atoms with E-state index in [2.05, 4.69) is 5.16 Å². The van der Waals surface area contributed by atoms with Crippen LogP contribution >= 0.6 is 0 Å². The molecule has 0 atom stereocenters. The summed E-state index contributed by atoms with van der Waals surface area (Å²) in [5.74, 6) is 1.90. The first-order valence-electron chi connectivity index (χ1n) is 6.22. The number of hydrogen-bond donors (Lipinski definition) is 1. The number of aromatic nitrogens is 1. The highest BCUT2D eigenvalue weighted by atomic mass is 16.5. The van der Waals surface area contributed by atoms with Gasteiger partial charge in [-0.3, -0.25) is 0 Å². The fourth-order valence-electron chi connectivity index (χ4n) is 2.02. The first-order chi connectivity index (χ1) is 8.72. The van der Waals surface area contributed by atoms with Crippen LogP contribution in [-0.4, -0.2) is 11.3 Å². The molecular weight excluding hydrogens is 228 g/mol. The standard InChI is InChI=1S/C14H16N2O2/c1-9-5-6-12(17-10-3-2-4-10)11(7-9)13-8-14(15)16-18-13/h5-8,10H,2-4H2,1H3,(H2,15,16). The molecule has 1 aromatic carbocycles. The summed E-state index contributed by atoms with van der Waals surface area (Å²) in [6.45, 7) is 2.04. The Kier molecular flexibility index (Phi) is 2.70. The second kappa shape index (κ2) is 4.37. The van der Waals surface area contributed by atoms with Crippen molar-refractivity contribution >= 4 is 5.82 Å². The highest BCUT2D eigenvalue weighted by Gasteiger charge is 2.21. The van der Waals surface area contributed by atoms with E-state index in [0.29, 0.717) is 17.7 Å². The van der Waals surface area contributed by atoms with Gasteiger partial charge in [-0.2, -0.15) is 0 Å². The van der Waals surface area contributed by atoms with Crippen LogP contribution < -0.4 is 10.5 Å². The monoisotopic (exact) mass is 244 g/mol. The molecule has 0 amide bonds. The minimum atomic E-state index is 0.340. The molecule has 0 saturated heterocycles. The zero-order valence-corrected chi connectivity index (χ0v) is 10.3. The van der Waals surface area contributed by atoms with Crippen LogP contribution in [0.1, 0.15) is 24.8 Å². The summed E-state index contributed by atoms with van der Waals surface area (Å²) in [5.41, 5.74) is 7.67. The lowest BCUT2D eigenvalue weighted by molar-refractivity contribution is 0.121. The van der Waals surface area contributed by atoms with E-state index < -0.39 is 0 Å². The molecule has 4 heteroatoms. The van der Waals surface area contributed by atoms with Crippen molar-refractivity contribution in [2.45, 2.75) is 32.3 Å². The molecule has 2 aromatic rings. The predicted molar refractivity (Wildman–Crippen MR) is 69.4 cm³/mol. The highest BCUT2D eigenvalue weighted by molar-refractivity contribution is 5.68. The molecule has 1 saturated carbocycles. The Bertz CT molecular complexity index is 559. The van der Waals surface area contributed by atoms with E-state index in [1.54, 1.807) is 6.07 Å². The van der Waals surface area contributed by atoms with Crippen molar-refractivity contribution in [1.29, 1.82) is 0 Å². The van der Waals surface area contributed by atoms with Crippen LogP contribution in [0.25, 0.3) is 11.3 Å². The first-order valence-corrected chi connectivity index (χ1v) is 6.22. The number of aryl methyl sites for hydroxylation is 1. The Morgan fingerprint density at radius 1 is 1.33 bits per heavy atom. The molecule has 3 rings (SSSR count). The van der Waals surface area contributed by atoms with Gasteiger partial charge < -0.3 is 15.0 Å². The third-order valence-electron chi connectivity index (χ3n) is 3.27. The molecule has 0 spiro atoms. The lowest BCUT2D eigenvalue weighted by Crippen LogP contribution is -2.24. The lowest BCUT2D eigenvalue weighted by Gasteiger charge is -2.27. The van der Waals surface area contributed by atoms with Crippen LogP contribution in [0.5, 0.6) is 5.75 Å². The quantitative estimate of drug-likeness (QED) is 0.900. The zero-order valence-electron chi connectivity index (χ0n) is 10.3. The molecule has 1 heterocycles. The van der Waals surface area contributed by atoms with Gasteiger partial charge in [0.15, 0.2) is 11.6 Å². The van der Waals surface area contributed by atoms with Crippen LogP contribution in [-0.2, 0) is 0 Å². The average molecular weight is 244 g/mol. The molecule has 1 aliphatic carbocycles. The van der Waals surface area contributed by atoms with E-state index in [1.165, 1.54) is 6.42 Å². The molecule has 0 aliphatic heterocycles. The van der Waals surface area contributed by atoms with Gasteiger partial charge in [0.05, 0.1) is 11.7 Å². The molecule has 0 unspecified atom stereocenters. The highest BCUT2D eigenvalue weighted by Crippen LogP contribution is 2.35. The van der Waals surface area contributed by atoms with Crippen molar-refractivity contribution in [3.63, 3.8) is 0 Å². The molecule has 1 aliphatic rings. The van der Waals surface area contributed by atoms with Gasteiger partial charge in [0.25, 0.3) is 0 Å². The van der Waals surface area contributed by atoms with Crippen molar-refractivity contribution in [3.8, 4) is 17.1 Å². The van der Waals surface area contributed by atoms with Gasteiger partial charge in [-0.25, -0.2) is 0 Å². The van der Waals surface area contributed by atoms with Gasteiger partial charge in [-0.1, -0.05) is 16.8 Å². The molecule has 4 nitrogen and oxygen atoms in total. The molecule has 1 aromatic heterocycles. The second-order valence-corrected chi connectivity index (χ2v) is 4.79. The Hall–Kier alpha value is -1.97. The van der Waals surface area contributed by atoms with E-state index in [-0.39, 0.29) is 0 Å². The van der Waals surface area contributed by atoms with E-state index in [0.717, 1.165) is 29.7 Å². The lowest BCUT2D eigenvalue weighted by atomic mass is 9.96. The Labute approximate surface area is 106 Å². The summed E-state index contributed by atoms with van der Waals surface area (Å²) >= 11 is 0. The molecule has 18 heavy (non-hydrogen) atoms. The number of anilines is 1. The normalized spacial score (nSPS) is 15.4. The molecule has 0 bridgehead atoms. The number of nitrogen functional groups attached to an aromatic ring is 1. The Morgan fingerprint density at radius 2 is 2.17 bits per heavy atom. The van der Waals surface area contributed by atoms with Crippen LogP contribution in [0.3, 0.4) is 0 Å². The SMILES string of the molecule is Cc1ccc(OC2CCC2)c(-c2cc(N)no2)c1. The topological polar surface area (TPSA) is 61.3 Å². The maximum atomic E-state index is 5.97. The summed E-state index contributed by atoms with van der Waals surface area (Å²) in [5, 5.41) is 3.72. The first kappa shape index (κ1) is 11.1. The number of benzene rings is 1. The van der Waals surface area contributed by atoms with Gasteiger partial charge in [-0.05, 0) is 38.3 Å². The fourth-order valence-corrected chi connectivity index (χ4v) is 2.02. The fraction of sp³-hybridized carbons (Fsp3) is 0.357. The summed E-state index contributed by atoms with van der Waals surface area (Å²) < 4.78 is 11.2. The summed E-state index contributed by atoms with van der Waals surface area (Å²) in [6.07, 6.45) is 3.85. The Morgan fingerprint density at radius 3 is 2.78 bits per heavy atom. The van der Waals surface area contributed by atoms with E-state index in [4.69, 9.17) is 15.0 Å². The third-order valence-corrected chi connectivity index (χ3v) is 3.27. The van der Waals surface area contributed by atoms with E-state index >= 15 is 0 Å². The van der Waals surface area contributed by atoms with Crippen LogP contribution in [0.15, 0.2) is 28.8 Å². The van der Waals surface area contributed by atoms with Crippen molar-refractivity contribution in [2.75, 3.05) is 5.73 Å². The number of hydrogen-bond acceptors (Lipinski definition) is 4. The van der Waals surface area contributed by atoms with Crippen molar-refractivity contribution in [1.82, 2.24) is 5.16 Å². The van der Waals surface area contributed by atoms with E-state index in [1.807, 2.05) is 25.1 Å². The van der Waals surface area contributed by atoms with E-state index in [9.17, 15) is 0 Å². The Balaban J connectivity index is 1.96. The van der Waals surface area contributed by atoms with Crippen LogP contribution in [0.4, 0.5) is 5.82 Å². The number of nitrogens with zero attached hydrogens (tertiary/aromatic N) is 1. The summed E-state index contributed by atoms with van der Waals surface area (Å²) in [6, 6.07) is 7.79. The maximum absolute atomic E-state index is 5.97. The van der Waals surface area contributed by atoms with Gasteiger partial charge >= 0.3 is 0 Å². The average Bonchev–Trinajstić information content (AvgIpc) is 2.71. The predicted octanol–water partition coefficient (Wildman–Crippen LogP) is 3.16. The van der Waals surface area contributed by atoms with Gasteiger partial charge in [0.2, 0.25) is 0 Å². The smallest absolute Gasteiger partial charge is 0.172 e. The van der Waals surface area contributed by atoms with Crippen molar-refractivity contribution < 1.29 is 9.26 Å². The van der Waals surface area contributed by atoms with Gasteiger partial charge in [0.1, 0.15) is 5.75 Å². The molecule has 0 radical (unpaired) electrons. The van der Waals surface area contributed by atoms with Crippen LogP contribution in [0.2, 0.25) is 0 Å². The maximum Gasteiger partial charge on any atom is 0.172 e. The number of ether oxygens (including phenoxy) is 1. The van der Waals surface area contributed by atoms with Gasteiger partial charge in [0, 0.05) is 6.07 Å². The van der Waals surface area contributed by atoms with Crippen molar-refractivity contribution in [2.24, 2.45) is 0 Å². The molecule has 94 valence electrons. The summed E-state index contributed by atoms with van der Waals surface area (Å²) in [7, 11) is 0. The molecule has 2 N–H and O–H groups in total. The number of rotatable bonds is 3. The van der Waals surface area contributed by atoms with Gasteiger partial charge in [-0.15, -0.1) is 0 Å². The third kappa shape index (κ3) is 2.06.